The van der Waals surface area contributed by atoms with Crippen molar-refractivity contribution in [3.05, 3.63) is 58.9 Å². The molecule has 0 radical (unpaired) electrons. The van der Waals surface area contributed by atoms with E-state index in [-0.39, 0.29) is 28.9 Å². The molecule has 7 heteroatoms. The molecule has 2 aromatic rings. The van der Waals surface area contributed by atoms with Crippen LogP contribution in [0.5, 0.6) is 0 Å². The first-order chi connectivity index (χ1) is 12.0. The third-order valence-electron chi connectivity index (χ3n) is 4.30. The minimum absolute atomic E-state index is 0.113. The average molecular weight is 340 g/mol. The summed E-state index contributed by atoms with van der Waals surface area (Å²) in [5.74, 6) is -3.24. The highest BCUT2D eigenvalue weighted by atomic mass is 16.5. The van der Waals surface area contributed by atoms with Crippen LogP contribution in [0.2, 0.25) is 0 Å². The second-order valence-corrected chi connectivity index (χ2v) is 5.68. The number of aliphatic hydroxyl groups excluding tert-OH is 1. The summed E-state index contributed by atoms with van der Waals surface area (Å²) in [6, 6.07) is 7.96. The Labute approximate surface area is 143 Å². The summed E-state index contributed by atoms with van der Waals surface area (Å²) in [5, 5.41) is 14.7. The van der Waals surface area contributed by atoms with Crippen LogP contribution in [0.15, 0.2) is 42.1 Å². The van der Waals surface area contributed by atoms with Crippen molar-refractivity contribution in [3.8, 4) is 0 Å². The normalized spacial score (nSPS) is 15.1. The Hall–Kier alpha value is -3.22. The Kier molecular flexibility index (Phi) is 4.22. The number of carbonyl (C=O) groups is 3. The molecular formula is C18H16N2O5. The number of carbonyl (C=O) groups excluding carboxylic acids is 3. The third kappa shape index (κ3) is 2.73. The molecule has 25 heavy (non-hydrogen) atoms. The zero-order valence-electron chi connectivity index (χ0n) is 13.7. The highest BCUT2D eigenvalue weighted by Crippen LogP contribution is 2.37. The fraction of sp³-hybridized carbons (Fsp3) is 0.222. The number of allylic oxidation sites excluding steroid dienone is 1. The largest absolute Gasteiger partial charge is 0.507 e. The smallest absolute Gasteiger partial charge is 0.306 e. The van der Waals surface area contributed by atoms with Crippen molar-refractivity contribution in [1.82, 2.24) is 9.78 Å². The maximum atomic E-state index is 12.7. The Bertz CT molecular complexity index is 910. The van der Waals surface area contributed by atoms with Crippen molar-refractivity contribution in [3.63, 3.8) is 0 Å². The lowest BCUT2D eigenvalue weighted by atomic mass is 9.80. The van der Waals surface area contributed by atoms with E-state index in [1.165, 1.54) is 24.1 Å². The van der Waals surface area contributed by atoms with Gasteiger partial charge >= 0.3 is 5.97 Å². The van der Waals surface area contributed by atoms with Gasteiger partial charge in [-0.1, -0.05) is 24.3 Å². The van der Waals surface area contributed by atoms with Crippen LogP contribution >= 0.6 is 0 Å². The number of hydrogen-bond acceptors (Lipinski definition) is 6. The summed E-state index contributed by atoms with van der Waals surface area (Å²) in [5.41, 5.74) is 0.833. The van der Waals surface area contributed by atoms with Gasteiger partial charge in [-0.3, -0.25) is 19.1 Å². The minimum atomic E-state index is -0.843. The molecule has 1 aliphatic carbocycles. The maximum absolute atomic E-state index is 12.7. The SMILES string of the molecule is COC(=O)C[C@H](C1=C(O)c2ccccc2C(=O)C1=O)c1ccnn1C. The highest BCUT2D eigenvalue weighted by molar-refractivity contribution is 6.52. The zero-order valence-corrected chi connectivity index (χ0v) is 13.7. The molecule has 0 aliphatic heterocycles. The van der Waals surface area contributed by atoms with Gasteiger partial charge in [0.05, 0.1) is 19.1 Å². The number of aryl methyl sites for hydroxylation is 1. The lowest BCUT2D eigenvalue weighted by Gasteiger charge is -2.24. The van der Waals surface area contributed by atoms with Crippen LogP contribution in [0.25, 0.3) is 5.76 Å². The van der Waals surface area contributed by atoms with E-state index in [1.54, 1.807) is 31.3 Å². The topological polar surface area (TPSA) is 98.5 Å². The lowest BCUT2D eigenvalue weighted by Crippen LogP contribution is -2.29. The molecule has 1 aromatic carbocycles. The predicted octanol–water partition coefficient (Wildman–Crippen LogP) is 1.80. The lowest BCUT2D eigenvalue weighted by molar-refractivity contribution is -0.140. The van der Waals surface area contributed by atoms with Gasteiger partial charge in [0.1, 0.15) is 5.76 Å². The number of esters is 1. The summed E-state index contributed by atoms with van der Waals surface area (Å²) in [7, 11) is 2.89. The van der Waals surface area contributed by atoms with Crippen LogP contribution in [0, 0.1) is 0 Å². The number of rotatable bonds is 4. The van der Waals surface area contributed by atoms with Gasteiger partial charge in [-0.05, 0) is 6.07 Å². The number of aromatic nitrogens is 2. The van der Waals surface area contributed by atoms with Gasteiger partial charge in [-0.2, -0.15) is 5.10 Å². The number of nitrogens with zero attached hydrogens (tertiary/aromatic N) is 2. The van der Waals surface area contributed by atoms with E-state index in [1.807, 2.05) is 0 Å². The van der Waals surface area contributed by atoms with E-state index >= 15 is 0 Å². The van der Waals surface area contributed by atoms with Gasteiger partial charge in [0.15, 0.2) is 0 Å². The molecule has 0 amide bonds. The number of ketones is 2. The van der Waals surface area contributed by atoms with Crippen molar-refractivity contribution in [1.29, 1.82) is 0 Å². The number of methoxy groups -OCH3 is 1. The van der Waals surface area contributed by atoms with Crippen molar-refractivity contribution in [2.24, 2.45) is 7.05 Å². The van der Waals surface area contributed by atoms with Crippen LogP contribution in [0.1, 0.15) is 34.0 Å². The van der Waals surface area contributed by atoms with E-state index in [0.29, 0.717) is 5.69 Å². The Morgan fingerprint density at radius 3 is 2.48 bits per heavy atom. The Morgan fingerprint density at radius 1 is 1.20 bits per heavy atom. The number of fused-ring (bicyclic) bond motifs is 1. The second-order valence-electron chi connectivity index (χ2n) is 5.68. The Morgan fingerprint density at radius 2 is 1.88 bits per heavy atom. The number of benzene rings is 1. The standard InChI is InChI=1S/C18H16N2O5/c1-20-13(7-8-19-20)12(9-14(21)25-2)15-16(22)10-5-3-4-6-11(10)17(23)18(15)24/h3-8,12,22H,9H2,1-2H3/t12-/m0/s1. The molecule has 0 bridgehead atoms. The molecular weight excluding hydrogens is 324 g/mol. The van der Waals surface area contributed by atoms with E-state index in [0.717, 1.165) is 0 Å². The monoisotopic (exact) mass is 340 g/mol. The first-order valence-corrected chi connectivity index (χ1v) is 7.62. The first-order valence-electron chi connectivity index (χ1n) is 7.62. The van der Waals surface area contributed by atoms with Gasteiger partial charge in [0.2, 0.25) is 11.6 Å². The molecule has 1 aliphatic rings. The first kappa shape index (κ1) is 16.6. The molecule has 128 valence electrons. The van der Waals surface area contributed by atoms with Gasteiger partial charge in [-0.15, -0.1) is 0 Å². The summed E-state index contributed by atoms with van der Waals surface area (Å²) in [6.45, 7) is 0. The van der Waals surface area contributed by atoms with Crippen LogP contribution < -0.4 is 0 Å². The molecule has 0 fully saturated rings. The molecule has 0 saturated heterocycles. The summed E-state index contributed by atoms with van der Waals surface area (Å²) < 4.78 is 6.20. The van der Waals surface area contributed by atoms with Crippen LogP contribution in [-0.4, -0.2) is 39.5 Å². The minimum Gasteiger partial charge on any atom is -0.507 e. The predicted molar refractivity (Wildman–Crippen MR) is 87.9 cm³/mol. The van der Waals surface area contributed by atoms with Crippen molar-refractivity contribution < 1.29 is 24.2 Å². The highest BCUT2D eigenvalue weighted by Gasteiger charge is 2.39. The molecule has 0 unspecified atom stereocenters. The van der Waals surface area contributed by atoms with Crippen molar-refractivity contribution >= 4 is 23.3 Å². The summed E-state index contributed by atoms with van der Waals surface area (Å²) >= 11 is 0. The van der Waals surface area contributed by atoms with E-state index in [9.17, 15) is 19.5 Å². The van der Waals surface area contributed by atoms with Gasteiger partial charge in [0, 0.05) is 36.0 Å². The van der Waals surface area contributed by atoms with E-state index in [4.69, 9.17) is 4.74 Å². The van der Waals surface area contributed by atoms with Gasteiger partial charge < -0.3 is 9.84 Å². The molecule has 0 saturated carbocycles. The fourth-order valence-corrected chi connectivity index (χ4v) is 3.04. The van der Waals surface area contributed by atoms with Crippen LogP contribution in [0.3, 0.4) is 0 Å². The second kappa shape index (κ2) is 6.35. The molecule has 7 nitrogen and oxygen atoms in total. The maximum Gasteiger partial charge on any atom is 0.306 e. The quantitative estimate of drug-likeness (QED) is 0.673. The van der Waals surface area contributed by atoms with E-state index in [2.05, 4.69) is 5.10 Å². The Balaban J connectivity index is 2.21. The molecule has 1 heterocycles. The number of aliphatic hydroxyl groups is 1. The molecule has 1 aromatic heterocycles. The zero-order chi connectivity index (χ0) is 18.1. The van der Waals surface area contributed by atoms with Crippen molar-refractivity contribution in [2.45, 2.75) is 12.3 Å². The number of Topliss-reactive ketones (excluding diaryl/α,β-unsaturated/α-hetero) is 2. The molecule has 3 rings (SSSR count). The van der Waals surface area contributed by atoms with E-state index < -0.39 is 23.5 Å². The van der Waals surface area contributed by atoms with Gasteiger partial charge in [0.25, 0.3) is 0 Å². The van der Waals surface area contributed by atoms with Gasteiger partial charge in [-0.25, -0.2) is 0 Å². The fourth-order valence-electron chi connectivity index (χ4n) is 3.04. The molecule has 1 N–H and O–H groups in total. The summed E-state index contributed by atoms with van der Waals surface area (Å²) in [4.78, 5) is 37.0. The molecule has 1 atom stereocenters. The van der Waals surface area contributed by atoms with Crippen LogP contribution in [0.4, 0.5) is 0 Å². The number of ether oxygens (including phenoxy) is 1. The average Bonchev–Trinajstić information content (AvgIpc) is 3.04. The number of hydrogen-bond donors (Lipinski definition) is 1. The van der Waals surface area contributed by atoms with Crippen LogP contribution in [-0.2, 0) is 21.4 Å². The summed E-state index contributed by atoms with van der Waals surface area (Å²) in [6.07, 6.45) is 1.32. The van der Waals surface area contributed by atoms with Crippen molar-refractivity contribution in [2.75, 3.05) is 7.11 Å². The third-order valence-corrected chi connectivity index (χ3v) is 4.30. The molecule has 0 spiro atoms.